The molecule has 1 atom stereocenters. The standard InChI is InChI=1S/C17H18ClFN2O2/c1-21(10-12-9-13(19)7-8-16(12)23-2)11-17(22)20-15-6-4-3-5-14(15)18/h3-9H,10-11H2,1-2H3,(H,20,22)/p+1. The van der Waals surface area contributed by atoms with Gasteiger partial charge >= 0.3 is 0 Å². The minimum atomic E-state index is -0.325. The Labute approximate surface area is 139 Å². The van der Waals surface area contributed by atoms with Crippen LogP contribution >= 0.6 is 11.6 Å². The van der Waals surface area contributed by atoms with E-state index in [2.05, 4.69) is 5.32 Å². The van der Waals surface area contributed by atoms with Crippen molar-refractivity contribution in [1.29, 1.82) is 0 Å². The average molecular weight is 338 g/mol. The van der Waals surface area contributed by atoms with Gasteiger partial charge in [-0.2, -0.15) is 0 Å². The van der Waals surface area contributed by atoms with E-state index in [1.165, 1.54) is 19.2 Å². The lowest BCUT2D eigenvalue weighted by molar-refractivity contribution is -0.885. The molecule has 2 rings (SSSR count). The summed E-state index contributed by atoms with van der Waals surface area (Å²) >= 11 is 6.01. The number of nitrogens with one attached hydrogen (secondary N) is 2. The quantitative estimate of drug-likeness (QED) is 0.848. The van der Waals surface area contributed by atoms with Crippen molar-refractivity contribution in [2.24, 2.45) is 0 Å². The number of rotatable bonds is 6. The van der Waals surface area contributed by atoms with Crippen LogP contribution in [0.4, 0.5) is 10.1 Å². The van der Waals surface area contributed by atoms with Crippen LogP contribution in [-0.4, -0.2) is 26.6 Å². The van der Waals surface area contributed by atoms with Crippen LogP contribution in [0.3, 0.4) is 0 Å². The third kappa shape index (κ3) is 4.94. The highest BCUT2D eigenvalue weighted by atomic mass is 35.5. The predicted octanol–water partition coefficient (Wildman–Crippen LogP) is 2.14. The Morgan fingerprint density at radius 2 is 2.04 bits per heavy atom. The number of quaternary nitrogens is 1. The lowest BCUT2D eigenvalue weighted by Gasteiger charge is -2.16. The van der Waals surface area contributed by atoms with Crippen molar-refractivity contribution in [3.05, 3.63) is 58.9 Å². The minimum absolute atomic E-state index is 0.161. The first-order chi connectivity index (χ1) is 11.0. The Morgan fingerprint density at radius 1 is 1.30 bits per heavy atom. The average Bonchev–Trinajstić information content (AvgIpc) is 2.49. The number of methoxy groups -OCH3 is 1. The smallest absolute Gasteiger partial charge is 0.279 e. The van der Waals surface area contributed by atoms with Gasteiger partial charge < -0.3 is 15.0 Å². The summed E-state index contributed by atoms with van der Waals surface area (Å²) in [5.74, 6) is 0.123. The number of carbonyl (C=O) groups excluding carboxylic acids is 1. The molecular formula is C17H19ClFN2O2+. The lowest BCUT2D eigenvalue weighted by atomic mass is 10.2. The summed E-state index contributed by atoms with van der Waals surface area (Å²) in [5.41, 5.74) is 1.30. The van der Waals surface area contributed by atoms with Gasteiger partial charge in [0.25, 0.3) is 5.91 Å². The van der Waals surface area contributed by atoms with Crippen LogP contribution in [0.15, 0.2) is 42.5 Å². The molecule has 4 nitrogen and oxygen atoms in total. The summed E-state index contributed by atoms with van der Waals surface area (Å²) in [5, 5.41) is 3.26. The summed E-state index contributed by atoms with van der Waals surface area (Å²) in [6.07, 6.45) is 0. The van der Waals surface area contributed by atoms with Gasteiger partial charge in [0, 0.05) is 0 Å². The Balaban J connectivity index is 1.97. The summed E-state index contributed by atoms with van der Waals surface area (Å²) < 4.78 is 18.6. The number of benzene rings is 2. The fourth-order valence-electron chi connectivity index (χ4n) is 2.30. The van der Waals surface area contributed by atoms with Crippen LogP contribution in [0.5, 0.6) is 5.75 Å². The van der Waals surface area contributed by atoms with Crippen molar-refractivity contribution >= 4 is 23.2 Å². The normalized spacial score (nSPS) is 11.8. The van der Waals surface area contributed by atoms with E-state index in [9.17, 15) is 9.18 Å². The number of ether oxygens (including phenoxy) is 1. The molecule has 0 aliphatic heterocycles. The molecule has 2 aromatic carbocycles. The highest BCUT2D eigenvalue weighted by molar-refractivity contribution is 6.33. The van der Waals surface area contributed by atoms with E-state index >= 15 is 0 Å². The van der Waals surface area contributed by atoms with Crippen molar-refractivity contribution in [2.75, 3.05) is 26.0 Å². The second kappa shape index (κ2) is 7.94. The van der Waals surface area contributed by atoms with E-state index in [4.69, 9.17) is 16.3 Å². The molecule has 23 heavy (non-hydrogen) atoms. The second-order valence-corrected chi connectivity index (χ2v) is 5.70. The number of anilines is 1. The first-order valence-electron chi connectivity index (χ1n) is 7.17. The van der Waals surface area contributed by atoms with Gasteiger partial charge in [0.05, 0.1) is 30.4 Å². The number of halogens is 2. The molecule has 0 aliphatic carbocycles. The van der Waals surface area contributed by atoms with Gasteiger partial charge in [-0.25, -0.2) is 4.39 Å². The Bertz CT molecular complexity index is 694. The fourth-order valence-corrected chi connectivity index (χ4v) is 2.49. The molecule has 6 heteroatoms. The fraction of sp³-hybridized carbons (Fsp3) is 0.235. The first-order valence-corrected chi connectivity index (χ1v) is 7.55. The van der Waals surface area contributed by atoms with Gasteiger partial charge in [0.1, 0.15) is 18.1 Å². The Morgan fingerprint density at radius 3 is 2.74 bits per heavy atom. The van der Waals surface area contributed by atoms with Crippen molar-refractivity contribution < 1.29 is 18.8 Å². The second-order valence-electron chi connectivity index (χ2n) is 5.29. The van der Waals surface area contributed by atoms with E-state index in [-0.39, 0.29) is 18.3 Å². The van der Waals surface area contributed by atoms with Gasteiger partial charge in [-0.3, -0.25) is 4.79 Å². The molecule has 1 amide bonds. The number of para-hydroxylation sites is 1. The van der Waals surface area contributed by atoms with E-state index in [0.717, 1.165) is 10.5 Å². The molecule has 2 N–H and O–H groups in total. The number of amides is 1. The Kier molecular flexibility index (Phi) is 5.96. The van der Waals surface area contributed by atoms with Gasteiger partial charge in [-0.1, -0.05) is 23.7 Å². The monoisotopic (exact) mass is 337 g/mol. The molecule has 0 radical (unpaired) electrons. The topological polar surface area (TPSA) is 42.8 Å². The van der Waals surface area contributed by atoms with Crippen molar-refractivity contribution in [1.82, 2.24) is 0 Å². The van der Waals surface area contributed by atoms with Gasteiger partial charge in [0.2, 0.25) is 0 Å². The van der Waals surface area contributed by atoms with Crippen LogP contribution in [0.2, 0.25) is 5.02 Å². The van der Waals surface area contributed by atoms with E-state index in [1.54, 1.807) is 30.3 Å². The SMILES string of the molecule is COc1ccc(F)cc1C[NH+](C)CC(=O)Nc1ccccc1Cl. The van der Waals surface area contributed by atoms with Gasteiger partial charge in [0.15, 0.2) is 6.54 Å². The zero-order valence-electron chi connectivity index (χ0n) is 13.0. The van der Waals surface area contributed by atoms with Crippen LogP contribution in [0.25, 0.3) is 0 Å². The van der Waals surface area contributed by atoms with Crippen LogP contribution < -0.4 is 15.0 Å². The molecule has 0 aromatic heterocycles. The van der Waals surface area contributed by atoms with Gasteiger partial charge in [-0.15, -0.1) is 0 Å². The molecule has 0 aliphatic rings. The third-order valence-corrected chi connectivity index (χ3v) is 3.67. The number of likely N-dealkylation sites (N-methyl/N-ethyl adjacent to an activating group) is 1. The molecule has 0 bridgehead atoms. The summed E-state index contributed by atoms with van der Waals surface area (Å²) in [6.45, 7) is 0.696. The third-order valence-electron chi connectivity index (χ3n) is 3.34. The molecule has 2 aromatic rings. The molecule has 1 unspecified atom stereocenters. The zero-order chi connectivity index (χ0) is 16.8. The highest BCUT2D eigenvalue weighted by Gasteiger charge is 2.15. The van der Waals surface area contributed by atoms with Gasteiger partial charge in [-0.05, 0) is 30.3 Å². The number of carbonyl (C=O) groups is 1. The summed E-state index contributed by atoms with van der Waals surface area (Å²) in [6, 6.07) is 11.4. The number of hydrogen-bond acceptors (Lipinski definition) is 2. The zero-order valence-corrected chi connectivity index (χ0v) is 13.8. The maximum atomic E-state index is 13.4. The van der Waals surface area contributed by atoms with Crippen LogP contribution in [0.1, 0.15) is 5.56 Å². The Hall–Kier alpha value is -2.11. The molecule has 0 saturated carbocycles. The van der Waals surface area contributed by atoms with E-state index < -0.39 is 0 Å². The molecular weight excluding hydrogens is 319 g/mol. The van der Waals surface area contributed by atoms with Crippen molar-refractivity contribution in [3.63, 3.8) is 0 Å². The van der Waals surface area contributed by atoms with Crippen LogP contribution in [0, 0.1) is 5.82 Å². The van der Waals surface area contributed by atoms with E-state index in [0.29, 0.717) is 23.0 Å². The predicted molar refractivity (Wildman–Crippen MR) is 88.5 cm³/mol. The maximum absolute atomic E-state index is 13.4. The van der Waals surface area contributed by atoms with Crippen molar-refractivity contribution in [2.45, 2.75) is 6.54 Å². The minimum Gasteiger partial charge on any atom is -0.496 e. The molecule has 0 spiro atoms. The molecule has 0 fully saturated rings. The highest BCUT2D eigenvalue weighted by Crippen LogP contribution is 2.20. The summed E-state index contributed by atoms with van der Waals surface area (Å²) in [7, 11) is 3.40. The first kappa shape index (κ1) is 17.2. The summed E-state index contributed by atoms with van der Waals surface area (Å²) in [4.78, 5) is 13.0. The maximum Gasteiger partial charge on any atom is 0.279 e. The molecule has 122 valence electrons. The van der Waals surface area contributed by atoms with E-state index in [1.807, 2.05) is 7.05 Å². The van der Waals surface area contributed by atoms with Crippen LogP contribution in [-0.2, 0) is 11.3 Å². The lowest BCUT2D eigenvalue weighted by Crippen LogP contribution is -3.08. The number of hydrogen-bond donors (Lipinski definition) is 2. The molecule has 0 saturated heterocycles. The largest absolute Gasteiger partial charge is 0.496 e. The molecule has 0 heterocycles. The van der Waals surface area contributed by atoms with Crippen molar-refractivity contribution in [3.8, 4) is 5.75 Å².